The number of thioether (sulfide) groups is 1. The molecule has 0 radical (unpaired) electrons. The number of nitrogens with zero attached hydrogens (tertiary/aromatic N) is 2. The number of hydrogen-bond donors (Lipinski definition) is 1. The lowest BCUT2D eigenvalue weighted by Crippen LogP contribution is -2.28. The molecule has 136 valence electrons. The molecule has 0 aliphatic rings. The summed E-state index contributed by atoms with van der Waals surface area (Å²) in [5, 5.41) is 4.33. The number of aromatic nitrogens is 2. The van der Waals surface area contributed by atoms with Crippen molar-refractivity contribution in [3.8, 4) is 0 Å². The Morgan fingerprint density at radius 2 is 2.19 bits per heavy atom. The average Bonchev–Trinajstić information content (AvgIpc) is 3.25. The van der Waals surface area contributed by atoms with Crippen LogP contribution in [-0.4, -0.2) is 34.2 Å². The number of carbonyl (C=O) groups excluding carboxylic acids is 2. The topological polar surface area (TPSA) is 94.3 Å². The molecule has 0 saturated heterocycles. The summed E-state index contributed by atoms with van der Waals surface area (Å²) in [4.78, 5) is 34.2. The minimum atomic E-state index is -0.473. The summed E-state index contributed by atoms with van der Waals surface area (Å²) in [5.41, 5.74) is 1.12. The number of aryl methyl sites for hydroxylation is 2. The Labute approximate surface area is 158 Å². The zero-order valence-corrected chi connectivity index (χ0v) is 15.9. The van der Waals surface area contributed by atoms with Gasteiger partial charge in [0.05, 0.1) is 18.6 Å². The van der Waals surface area contributed by atoms with Crippen molar-refractivity contribution in [2.45, 2.75) is 25.4 Å². The molecule has 0 atom stereocenters. The third-order valence-corrected chi connectivity index (χ3v) is 5.74. The van der Waals surface area contributed by atoms with E-state index in [1.54, 1.807) is 23.5 Å². The van der Waals surface area contributed by atoms with E-state index in [2.05, 4.69) is 15.3 Å². The van der Waals surface area contributed by atoms with E-state index in [0.717, 1.165) is 20.8 Å². The van der Waals surface area contributed by atoms with E-state index in [0.29, 0.717) is 5.76 Å². The number of ether oxygens (including phenoxy) is 1. The largest absolute Gasteiger partial charge is 0.467 e. The van der Waals surface area contributed by atoms with E-state index in [1.807, 2.05) is 13.8 Å². The van der Waals surface area contributed by atoms with E-state index >= 15 is 0 Å². The number of rotatable bonds is 7. The zero-order chi connectivity index (χ0) is 18.5. The van der Waals surface area contributed by atoms with Crippen molar-refractivity contribution >= 4 is 45.2 Å². The third kappa shape index (κ3) is 4.41. The summed E-state index contributed by atoms with van der Waals surface area (Å²) in [6, 6.07) is 3.49. The Morgan fingerprint density at radius 3 is 2.96 bits per heavy atom. The van der Waals surface area contributed by atoms with Gasteiger partial charge in [-0.15, -0.1) is 11.3 Å². The molecule has 3 aromatic rings. The zero-order valence-electron chi connectivity index (χ0n) is 14.3. The highest BCUT2D eigenvalue weighted by molar-refractivity contribution is 8.00. The van der Waals surface area contributed by atoms with Gasteiger partial charge < -0.3 is 14.5 Å². The molecule has 7 nitrogen and oxygen atoms in total. The van der Waals surface area contributed by atoms with Crippen molar-refractivity contribution in [2.24, 2.45) is 0 Å². The van der Waals surface area contributed by atoms with Crippen LogP contribution in [0.15, 0.2) is 34.2 Å². The van der Waals surface area contributed by atoms with Crippen LogP contribution < -0.4 is 5.32 Å². The molecule has 0 fully saturated rings. The van der Waals surface area contributed by atoms with Crippen LogP contribution in [0.5, 0.6) is 0 Å². The maximum Gasteiger partial charge on any atom is 0.316 e. The van der Waals surface area contributed by atoms with E-state index < -0.39 is 5.97 Å². The second kappa shape index (κ2) is 8.33. The van der Waals surface area contributed by atoms with Crippen LogP contribution in [0.3, 0.4) is 0 Å². The highest BCUT2D eigenvalue weighted by atomic mass is 32.2. The number of furan rings is 1. The molecule has 3 rings (SSSR count). The van der Waals surface area contributed by atoms with Crippen molar-refractivity contribution in [2.75, 3.05) is 12.4 Å². The molecule has 1 amide bonds. The first-order valence-corrected chi connectivity index (χ1v) is 9.63. The lowest BCUT2D eigenvalue weighted by atomic mass is 10.2. The fourth-order valence-corrected chi connectivity index (χ4v) is 4.14. The van der Waals surface area contributed by atoms with Crippen LogP contribution >= 0.6 is 23.1 Å². The molecule has 0 spiro atoms. The predicted octanol–water partition coefficient (Wildman–Crippen LogP) is 2.85. The molecule has 0 aliphatic carbocycles. The van der Waals surface area contributed by atoms with Crippen LogP contribution in [0.2, 0.25) is 0 Å². The summed E-state index contributed by atoms with van der Waals surface area (Å²) in [7, 11) is 0. The van der Waals surface area contributed by atoms with Gasteiger partial charge in [0.1, 0.15) is 21.9 Å². The second-order valence-corrected chi connectivity index (χ2v) is 7.61. The van der Waals surface area contributed by atoms with Gasteiger partial charge in [0.25, 0.3) is 5.91 Å². The highest BCUT2D eigenvalue weighted by Gasteiger charge is 2.15. The smallest absolute Gasteiger partial charge is 0.316 e. The Hall–Kier alpha value is -2.39. The minimum absolute atomic E-state index is 0.0753. The summed E-state index contributed by atoms with van der Waals surface area (Å²) in [5.74, 6) is -0.145. The van der Waals surface area contributed by atoms with Crippen LogP contribution in [0, 0.1) is 13.8 Å². The van der Waals surface area contributed by atoms with Gasteiger partial charge in [-0.2, -0.15) is 0 Å². The quantitative estimate of drug-likeness (QED) is 0.376. The number of fused-ring (bicyclic) bond motifs is 1. The van der Waals surface area contributed by atoms with Crippen LogP contribution in [0.25, 0.3) is 10.2 Å². The highest BCUT2D eigenvalue weighted by Crippen LogP contribution is 2.34. The van der Waals surface area contributed by atoms with Gasteiger partial charge in [0.2, 0.25) is 0 Å². The standard InChI is InChI=1S/C17H17N3O4S2/c1-10-11(2)26-17-15(10)16(19-9-20-17)25-8-14(22)24-7-13(21)18-6-12-4-3-5-23-12/h3-5,9H,6-8H2,1-2H3,(H,18,21). The number of nitrogens with one attached hydrogen (secondary N) is 1. The first-order valence-electron chi connectivity index (χ1n) is 7.83. The Bertz CT molecular complexity index is 922. The number of thiophene rings is 1. The van der Waals surface area contributed by atoms with E-state index in [4.69, 9.17) is 9.15 Å². The first-order chi connectivity index (χ1) is 12.5. The third-order valence-electron chi connectivity index (χ3n) is 3.66. The van der Waals surface area contributed by atoms with Crippen molar-refractivity contribution < 1.29 is 18.7 Å². The molecule has 9 heteroatoms. The monoisotopic (exact) mass is 391 g/mol. The van der Waals surface area contributed by atoms with Gasteiger partial charge in [0, 0.05) is 10.3 Å². The van der Waals surface area contributed by atoms with E-state index in [-0.39, 0.29) is 24.8 Å². The molecule has 3 aromatic heterocycles. The van der Waals surface area contributed by atoms with Crippen molar-refractivity contribution in [3.63, 3.8) is 0 Å². The molecule has 0 unspecified atom stereocenters. The SMILES string of the molecule is Cc1sc2ncnc(SCC(=O)OCC(=O)NCc3ccco3)c2c1C. The summed E-state index contributed by atoms with van der Waals surface area (Å²) in [6.07, 6.45) is 3.02. The number of amides is 1. The number of esters is 1. The Kier molecular flexibility index (Phi) is 5.89. The molecule has 0 bridgehead atoms. The maximum atomic E-state index is 11.9. The molecule has 3 heterocycles. The average molecular weight is 391 g/mol. The molecule has 0 aromatic carbocycles. The Balaban J connectivity index is 1.48. The molecular weight excluding hydrogens is 374 g/mol. The molecule has 0 aliphatic heterocycles. The van der Waals surface area contributed by atoms with Crippen molar-refractivity contribution in [1.29, 1.82) is 0 Å². The Morgan fingerprint density at radius 1 is 1.35 bits per heavy atom. The summed E-state index contributed by atoms with van der Waals surface area (Å²) < 4.78 is 10.1. The van der Waals surface area contributed by atoms with E-state index in [1.165, 1.54) is 29.2 Å². The second-order valence-electron chi connectivity index (χ2n) is 5.45. The lowest BCUT2D eigenvalue weighted by Gasteiger charge is -2.06. The van der Waals surface area contributed by atoms with Gasteiger partial charge in [-0.25, -0.2) is 9.97 Å². The lowest BCUT2D eigenvalue weighted by molar-refractivity contribution is -0.146. The molecule has 0 saturated carbocycles. The van der Waals surface area contributed by atoms with E-state index in [9.17, 15) is 9.59 Å². The van der Waals surface area contributed by atoms with Crippen LogP contribution in [0.4, 0.5) is 0 Å². The molecular formula is C17H17N3O4S2. The van der Waals surface area contributed by atoms with Crippen LogP contribution in [-0.2, 0) is 20.9 Å². The minimum Gasteiger partial charge on any atom is -0.467 e. The normalized spacial score (nSPS) is 10.8. The summed E-state index contributed by atoms with van der Waals surface area (Å²) in [6.45, 7) is 3.98. The summed E-state index contributed by atoms with van der Waals surface area (Å²) >= 11 is 2.89. The van der Waals surface area contributed by atoms with Gasteiger partial charge in [-0.3, -0.25) is 9.59 Å². The fourth-order valence-electron chi connectivity index (χ4n) is 2.22. The number of carbonyl (C=O) groups is 2. The van der Waals surface area contributed by atoms with Gasteiger partial charge in [0.15, 0.2) is 6.61 Å². The van der Waals surface area contributed by atoms with Crippen LogP contribution in [0.1, 0.15) is 16.2 Å². The first kappa shape index (κ1) is 18.4. The number of hydrogen-bond acceptors (Lipinski definition) is 8. The van der Waals surface area contributed by atoms with Crippen molar-refractivity contribution in [3.05, 3.63) is 40.9 Å². The van der Waals surface area contributed by atoms with Crippen molar-refractivity contribution in [1.82, 2.24) is 15.3 Å². The van der Waals surface area contributed by atoms with Gasteiger partial charge in [-0.05, 0) is 31.5 Å². The molecule has 26 heavy (non-hydrogen) atoms. The maximum absolute atomic E-state index is 11.9. The van der Waals surface area contributed by atoms with Gasteiger partial charge in [-0.1, -0.05) is 11.8 Å². The predicted molar refractivity (Wildman–Crippen MR) is 99.1 cm³/mol. The fraction of sp³-hybridized carbons (Fsp3) is 0.294. The van der Waals surface area contributed by atoms with Gasteiger partial charge >= 0.3 is 5.97 Å². The molecule has 1 N–H and O–H groups in total.